The zero-order valence-electron chi connectivity index (χ0n) is 29.0. The Hall–Kier alpha value is -5.49. The van der Waals surface area contributed by atoms with E-state index in [1.165, 1.54) is 46.1 Å². The van der Waals surface area contributed by atoms with Crippen molar-refractivity contribution < 1.29 is 45.8 Å². The third-order valence-electron chi connectivity index (χ3n) is 9.08. The molecule has 11 nitrogen and oxygen atoms in total. The predicted molar refractivity (Wildman–Crippen MR) is 189 cm³/mol. The number of nitrogens with one attached hydrogen (secondary N) is 1. The highest BCUT2D eigenvalue weighted by molar-refractivity contribution is 9.10. The zero-order valence-corrected chi connectivity index (χ0v) is 30.5. The van der Waals surface area contributed by atoms with Crippen LogP contribution in [0.25, 0.3) is 16.9 Å². The van der Waals surface area contributed by atoms with Crippen molar-refractivity contribution in [3.8, 4) is 22.7 Å². The lowest BCUT2D eigenvalue weighted by Gasteiger charge is -2.34. The molecule has 2 atom stereocenters. The molecule has 0 fully saturated rings. The van der Waals surface area contributed by atoms with Gasteiger partial charge < -0.3 is 20.1 Å². The number of benzene rings is 3. The van der Waals surface area contributed by atoms with Gasteiger partial charge >= 0.3 is 18.0 Å². The molecule has 0 saturated carbocycles. The molecule has 1 aliphatic heterocycles. The number of nitrogens with zero attached hydrogens (tertiary/aromatic N) is 5. The molecule has 0 radical (unpaired) electrons. The van der Waals surface area contributed by atoms with Gasteiger partial charge in [0.15, 0.2) is 5.60 Å². The van der Waals surface area contributed by atoms with Gasteiger partial charge in [-0.2, -0.15) is 26.3 Å². The summed E-state index contributed by atoms with van der Waals surface area (Å²) in [4.78, 5) is 51.6. The quantitative estimate of drug-likeness (QED) is 0.161. The molecule has 2 N–H and O–H groups in total. The second-order valence-electron chi connectivity index (χ2n) is 13.0. The SMILES string of the molecule is C[C@@H]1Cn2c(c(C(=O)NCc3ccccc3-c3ccncn3)n(-c3ccc(OC[C@@](C)(O)C(F)(F)F)cc3)c2=O)CN1C(=O)c1ccc(Br)c(C(F)(F)F)c1. The Morgan fingerprint density at radius 1 is 1.02 bits per heavy atom. The normalized spacial score (nSPS) is 15.6. The Labute approximate surface area is 317 Å². The van der Waals surface area contributed by atoms with Gasteiger partial charge in [-0.05, 0) is 67.9 Å². The van der Waals surface area contributed by atoms with Crippen LogP contribution in [0.15, 0.2) is 94.6 Å². The lowest BCUT2D eigenvalue weighted by Crippen LogP contribution is -2.47. The van der Waals surface area contributed by atoms with Gasteiger partial charge in [-0.1, -0.05) is 40.2 Å². The fraction of sp³-hybridized carbons (Fsp3) is 0.270. The van der Waals surface area contributed by atoms with E-state index in [1.807, 2.05) is 0 Å². The minimum absolute atomic E-state index is 0.0398. The number of ether oxygens (including phenoxy) is 1. The fourth-order valence-electron chi connectivity index (χ4n) is 6.03. The summed E-state index contributed by atoms with van der Waals surface area (Å²) in [5.74, 6) is -1.58. The molecule has 3 heterocycles. The maximum atomic E-state index is 14.2. The van der Waals surface area contributed by atoms with Crippen LogP contribution in [0.5, 0.6) is 5.75 Å². The van der Waals surface area contributed by atoms with Crippen LogP contribution in [-0.4, -0.2) is 65.3 Å². The smallest absolute Gasteiger partial charge is 0.420 e. The van der Waals surface area contributed by atoms with Gasteiger partial charge in [0, 0.05) is 40.9 Å². The summed E-state index contributed by atoms with van der Waals surface area (Å²) in [5, 5.41) is 12.6. The highest BCUT2D eigenvalue weighted by Crippen LogP contribution is 2.36. The van der Waals surface area contributed by atoms with Gasteiger partial charge in [0.25, 0.3) is 11.8 Å². The molecule has 2 aromatic heterocycles. The Morgan fingerprint density at radius 3 is 2.38 bits per heavy atom. The van der Waals surface area contributed by atoms with E-state index in [9.17, 15) is 45.8 Å². The lowest BCUT2D eigenvalue weighted by molar-refractivity contribution is -0.260. The van der Waals surface area contributed by atoms with Crippen molar-refractivity contribution in [2.75, 3.05) is 6.61 Å². The molecule has 6 rings (SSSR count). The zero-order chi connectivity index (χ0) is 39.9. The van der Waals surface area contributed by atoms with E-state index >= 15 is 0 Å². The summed E-state index contributed by atoms with van der Waals surface area (Å²) >= 11 is 2.88. The molecule has 1 aliphatic rings. The monoisotopic (exact) mass is 832 g/mol. The molecule has 5 aromatic rings. The van der Waals surface area contributed by atoms with E-state index in [0.717, 1.165) is 16.7 Å². The van der Waals surface area contributed by atoms with Crippen LogP contribution in [0.4, 0.5) is 26.3 Å². The first-order valence-corrected chi connectivity index (χ1v) is 17.3. The Bertz CT molecular complexity index is 2290. The van der Waals surface area contributed by atoms with Crippen LogP contribution in [0, 0.1) is 0 Å². The standard InChI is InChI=1S/C37H31BrF6N6O5/c1-21-17-49-30(18-48(21)33(52)22-7-12-28(38)27(15-22)36(39,40)41)31(32(51)46-16-23-5-3-4-6-26(23)29-13-14-45-20-47-29)50(34(49)53)24-8-10-25(11-9-24)55-19-35(2,54)37(42,43)44/h3-15,20-21,54H,16-19H2,1-2H3,(H,46,51)/t21-,35-/m1/s1. The topological polar surface area (TPSA) is 132 Å². The van der Waals surface area contributed by atoms with Gasteiger partial charge in [0.2, 0.25) is 0 Å². The minimum atomic E-state index is -4.96. The number of aliphatic hydroxyl groups is 1. The van der Waals surface area contributed by atoms with Crippen molar-refractivity contribution in [3.05, 3.63) is 128 Å². The van der Waals surface area contributed by atoms with Crippen LogP contribution in [0.1, 0.15) is 51.5 Å². The van der Waals surface area contributed by atoms with Crippen LogP contribution in [0.2, 0.25) is 0 Å². The van der Waals surface area contributed by atoms with Gasteiger partial charge in [-0.3, -0.25) is 18.7 Å². The summed E-state index contributed by atoms with van der Waals surface area (Å²) in [5.41, 5.74) is -3.18. The number of hydrogen-bond donors (Lipinski definition) is 2. The highest BCUT2D eigenvalue weighted by Gasteiger charge is 2.50. The number of alkyl halides is 6. The number of imidazole rings is 1. The molecule has 0 bridgehead atoms. The summed E-state index contributed by atoms with van der Waals surface area (Å²) in [6.07, 6.45) is -6.79. The largest absolute Gasteiger partial charge is 0.490 e. The Morgan fingerprint density at radius 2 is 1.73 bits per heavy atom. The van der Waals surface area contributed by atoms with Crippen molar-refractivity contribution in [2.45, 2.75) is 57.5 Å². The summed E-state index contributed by atoms with van der Waals surface area (Å²) in [7, 11) is 0. The molecule has 288 valence electrons. The van der Waals surface area contributed by atoms with E-state index < -0.39 is 53.7 Å². The average Bonchev–Trinajstić information content (AvgIpc) is 3.43. The molecule has 0 saturated heterocycles. The first kappa shape index (κ1) is 39.2. The third kappa shape index (κ3) is 8.00. The fourth-order valence-corrected chi connectivity index (χ4v) is 6.50. The van der Waals surface area contributed by atoms with Crippen LogP contribution in [0.3, 0.4) is 0 Å². The number of carbonyl (C=O) groups is 2. The van der Waals surface area contributed by atoms with Crippen LogP contribution >= 0.6 is 15.9 Å². The van der Waals surface area contributed by atoms with E-state index in [0.29, 0.717) is 23.7 Å². The van der Waals surface area contributed by atoms with Gasteiger partial charge in [0.05, 0.1) is 29.2 Å². The van der Waals surface area contributed by atoms with Gasteiger partial charge in [-0.15, -0.1) is 0 Å². The predicted octanol–water partition coefficient (Wildman–Crippen LogP) is 6.54. The maximum absolute atomic E-state index is 14.2. The molecule has 2 amide bonds. The number of amides is 2. The van der Waals surface area contributed by atoms with E-state index in [4.69, 9.17) is 4.74 Å². The maximum Gasteiger partial charge on any atom is 0.420 e. The second kappa shape index (κ2) is 15.0. The first-order chi connectivity index (χ1) is 25.9. The molecular formula is C37H31BrF6N6O5. The van der Waals surface area contributed by atoms with Crippen molar-refractivity contribution in [2.24, 2.45) is 0 Å². The molecule has 55 heavy (non-hydrogen) atoms. The van der Waals surface area contributed by atoms with E-state index in [2.05, 4.69) is 31.2 Å². The number of hydrogen-bond acceptors (Lipinski definition) is 7. The highest BCUT2D eigenvalue weighted by atomic mass is 79.9. The molecule has 18 heteroatoms. The Balaban J connectivity index is 1.38. The first-order valence-electron chi connectivity index (χ1n) is 16.5. The average molecular weight is 834 g/mol. The molecular weight excluding hydrogens is 802 g/mol. The van der Waals surface area contributed by atoms with E-state index in [-0.39, 0.29) is 52.5 Å². The Kier molecular flexibility index (Phi) is 10.7. The van der Waals surface area contributed by atoms with Crippen LogP contribution < -0.4 is 15.7 Å². The number of halogens is 7. The molecule has 0 unspecified atom stereocenters. The lowest BCUT2D eigenvalue weighted by atomic mass is 10.0. The molecule has 0 aliphatic carbocycles. The number of carbonyl (C=O) groups excluding carboxylic acids is 2. The van der Waals surface area contributed by atoms with Gasteiger partial charge in [0.1, 0.15) is 24.4 Å². The minimum Gasteiger partial charge on any atom is -0.490 e. The van der Waals surface area contributed by atoms with E-state index in [1.54, 1.807) is 43.5 Å². The molecule has 0 spiro atoms. The second-order valence-corrected chi connectivity index (χ2v) is 13.8. The van der Waals surface area contributed by atoms with Gasteiger partial charge in [-0.25, -0.2) is 14.8 Å². The van der Waals surface area contributed by atoms with Crippen LogP contribution in [-0.2, 0) is 25.8 Å². The number of fused-ring (bicyclic) bond motifs is 1. The molecule has 3 aromatic carbocycles. The third-order valence-corrected chi connectivity index (χ3v) is 9.77. The van der Waals surface area contributed by atoms with Crippen molar-refractivity contribution in [1.82, 2.24) is 29.3 Å². The number of rotatable bonds is 9. The van der Waals surface area contributed by atoms with Crippen molar-refractivity contribution >= 4 is 27.7 Å². The van der Waals surface area contributed by atoms with Crippen molar-refractivity contribution in [1.29, 1.82) is 0 Å². The summed E-state index contributed by atoms with van der Waals surface area (Å²) in [6.45, 7) is 0.547. The van der Waals surface area contributed by atoms with Crippen molar-refractivity contribution in [3.63, 3.8) is 0 Å². The number of aromatic nitrogens is 4. The summed E-state index contributed by atoms with van der Waals surface area (Å²) in [6, 6.07) is 16.4. The summed E-state index contributed by atoms with van der Waals surface area (Å²) < 4.78 is 88.0.